The molecule has 0 aromatic heterocycles. The second-order valence-corrected chi connectivity index (χ2v) is 8.10. The second kappa shape index (κ2) is 5.47. The predicted octanol–water partition coefficient (Wildman–Crippen LogP) is 1.39. The molecule has 1 heterocycles. The number of hydrogen-bond donors (Lipinski definition) is 1. The van der Waals surface area contributed by atoms with Gasteiger partial charge in [-0.15, -0.1) is 0 Å². The summed E-state index contributed by atoms with van der Waals surface area (Å²) >= 11 is 0. The number of amides is 2. The number of carbonyl (C=O) groups excluding carboxylic acids is 1. The van der Waals surface area contributed by atoms with E-state index in [2.05, 4.69) is 19.2 Å². The van der Waals surface area contributed by atoms with Crippen molar-refractivity contribution in [3.63, 3.8) is 0 Å². The standard InChI is InChI=1S/C12H24N2O3S/c1-10(6-9-18(4,16)17)13-11(15)14-8-5-7-12(14,2)3/h10H,5-9H2,1-4H3,(H,13,15). The van der Waals surface area contributed by atoms with Crippen molar-refractivity contribution in [1.29, 1.82) is 0 Å². The van der Waals surface area contributed by atoms with E-state index in [1.54, 1.807) is 0 Å². The van der Waals surface area contributed by atoms with E-state index in [9.17, 15) is 13.2 Å². The molecule has 2 amide bonds. The van der Waals surface area contributed by atoms with Crippen molar-refractivity contribution in [2.75, 3.05) is 18.6 Å². The van der Waals surface area contributed by atoms with Gasteiger partial charge >= 0.3 is 6.03 Å². The van der Waals surface area contributed by atoms with Gasteiger partial charge in [0.1, 0.15) is 9.84 Å². The van der Waals surface area contributed by atoms with Crippen molar-refractivity contribution in [2.24, 2.45) is 0 Å². The number of likely N-dealkylation sites (tertiary alicyclic amines) is 1. The maximum Gasteiger partial charge on any atom is 0.318 e. The van der Waals surface area contributed by atoms with Crippen LogP contribution in [0.5, 0.6) is 0 Å². The molecule has 0 aromatic carbocycles. The van der Waals surface area contributed by atoms with E-state index in [1.807, 2.05) is 11.8 Å². The number of hydrogen-bond acceptors (Lipinski definition) is 3. The Morgan fingerprint density at radius 2 is 2.06 bits per heavy atom. The molecule has 1 rings (SSSR count). The molecule has 1 aliphatic rings. The highest BCUT2D eigenvalue weighted by Crippen LogP contribution is 2.27. The normalized spacial score (nSPS) is 20.8. The van der Waals surface area contributed by atoms with Gasteiger partial charge in [-0.3, -0.25) is 0 Å². The molecular formula is C12H24N2O3S. The molecule has 0 bridgehead atoms. The number of sulfone groups is 1. The lowest BCUT2D eigenvalue weighted by atomic mass is 10.0. The minimum absolute atomic E-state index is 0.0847. The minimum atomic E-state index is -2.96. The van der Waals surface area contributed by atoms with Crippen LogP contribution < -0.4 is 5.32 Å². The smallest absolute Gasteiger partial charge is 0.318 e. The largest absolute Gasteiger partial charge is 0.335 e. The molecule has 6 heteroatoms. The number of urea groups is 1. The zero-order valence-electron chi connectivity index (χ0n) is 11.7. The predicted molar refractivity (Wildman–Crippen MR) is 72.3 cm³/mol. The van der Waals surface area contributed by atoms with Crippen LogP contribution in [0.1, 0.15) is 40.0 Å². The molecular weight excluding hydrogens is 252 g/mol. The van der Waals surface area contributed by atoms with Crippen LogP contribution in [0.2, 0.25) is 0 Å². The molecule has 18 heavy (non-hydrogen) atoms. The third-order valence-electron chi connectivity index (χ3n) is 3.44. The van der Waals surface area contributed by atoms with E-state index in [0.29, 0.717) is 6.42 Å². The summed E-state index contributed by atoms with van der Waals surface area (Å²) in [6.07, 6.45) is 3.71. The van der Waals surface area contributed by atoms with Crippen LogP contribution in [0.4, 0.5) is 4.79 Å². The number of carbonyl (C=O) groups is 1. The molecule has 1 N–H and O–H groups in total. The Labute approximate surface area is 110 Å². The van der Waals surface area contributed by atoms with E-state index in [-0.39, 0.29) is 23.4 Å². The Balaban J connectivity index is 2.45. The summed E-state index contributed by atoms with van der Waals surface area (Å²) < 4.78 is 22.1. The van der Waals surface area contributed by atoms with Gasteiger partial charge in [0.25, 0.3) is 0 Å². The molecule has 1 saturated heterocycles. The van der Waals surface area contributed by atoms with Crippen LogP contribution in [0, 0.1) is 0 Å². The van der Waals surface area contributed by atoms with Crippen LogP contribution in [-0.4, -0.2) is 49.5 Å². The summed E-state index contributed by atoms with van der Waals surface area (Å²) in [5.41, 5.74) is -0.0966. The number of rotatable bonds is 4. The van der Waals surface area contributed by atoms with Crippen LogP contribution >= 0.6 is 0 Å². The van der Waals surface area contributed by atoms with Crippen molar-refractivity contribution in [1.82, 2.24) is 10.2 Å². The molecule has 1 atom stereocenters. The highest BCUT2D eigenvalue weighted by molar-refractivity contribution is 7.90. The van der Waals surface area contributed by atoms with E-state index < -0.39 is 9.84 Å². The average molecular weight is 276 g/mol. The van der Waals surface area contributed by atoms with Gasteiger partial charge in [0.2, 0.25) is 0 Å². The molecule has 0 radical (unpaired) electrons. The van der Waals surface area contributed by atoms with Gasteiger partial charge in [-0.1, -0.05) is 0 Å². The van der Waals surface area contributed by atoms with Gasteiger partial charge in [0, 0.05) is 24.4 Å². The lowest BCUT2D eigenvalue weighted by Gasteiger charge is -2.32. The summed E-state index contributed by atoms with van der Waals surface area (Å²) in [6, 6.07) is -0.206. The lowest BCUT2D eigenvalue weighted by Crippen LogP contribution is -2.50. The van der Waals surface area contributed by atoms with E-state index in [0.717, 1.165) is 19.4 Å². The molecule has 0 spiro atoms. The van der Waals surface area contributed by atoms with Crippen LogP contribution in [0.15, 0.2) is 0 Å². The van der Waals surface area contributed by atoms with Crippen molar-refractivity contribution in [2.45, 2.75) is 51.6 Å². The van der Waals surface area contributed by atoms with Gasteiger partial charge in [-0.25, -0.2) is 13.2 Å². The SMILES string of the molecule is CC(CCS(C)(=O)=O)NC(=O)N1CCCC1(C)C. The Morgan fingerprint density at radius 1 is 1.44 bits per heavy atom. The first-order valence-corrected chi connectivity index (χ1v) is 8.44. The molecule has 0 saturated carbocycles. The van der Waals surface area contributed by atoms with Gasteiger partial charge < -0.3 is 10.2 Å². The first-order chi connectivity index (χ1) is 8.12. The minimum Gasteiger partial charge on any atom is -0.335 e. The quantitative estimate of drug-likeness (QED) is 0.844. The Bertz CT molecular complexity index is 404. The Kier molecular flexibility index (Phi) is 4.64. The van der Waals surface area contributed by atoms with Crippen LogP contribution in [0.3, 0.4) is 0 Å². The zero-order valence-corrected chi connectivity index (χ0v) is 12.5. The first-order valence-electron chi connectivity index (χ1n) is 6.38. The molecule has 0 aromatic rings. The molecule has 0 aliphatic carbocycles. The Hall–Kier alpha value is -0.780. The van der Waals surface area contributed by atoms with Crippen molar-refractivity contribution in [3.8, 4) is 0 Å². The van der Waals surface area contributed by atoms with Crippen molar-refractivity contribution >= 4 is 15.9 Å². The van der Waals surface area contributed by atoms with Crippen LogP contribution in [-0.2, 0) is 9.84 Å². The van der Waals surface area contributed by atoms with Crippen LogP contribution in [0.25, 0.3) is 0 Å². The number of nitrogens with zero attached hydrogens (tertiary/aromatic N) is 1. The van der Waals surface area contributed by atoms with E-state index >= 15 is 0 Å². The summed E-state index contributed by atoms with van der Waals surface area (Å²) in [7, 11) is -2.96. The van der Waals surface area contributed by atoms with Crippen molar-refractivity contribution < 1.29 is 13.2 Å². The molecule has 1 fully saturated rings. The fourth-order valence-corrected chi connectivity index (χ4v) is 3.02. The Morgan fingerprint density at radius 3 is 2.50 bits per heavy atom. The van der Waals surface area contributed by atoms with Crippen molar-refractivity contribution in [3.05, 3.63) is 0 Å². The molecule has 1 aliphatic heterocycles. The highest BCUT2D eigenvalue weighted by atomic mass is 32.2. The first kappa shape index (κ1) is 15.3. The molecule has 5 nitrogen and oxygen atoms in total. The fourth-order valence-electron chi connectivity index (χ4n) is 2.24. The summed E-state index contributed by atoms with van der Waals surface area (Å²) in [6.45, 7) is 6.73. The molecule has 1 unspecified atom stereocenters. The fraction of sp³-hybridized carbons (Fsp3) is 0.917. The highest BCUT2D eigenvalue weighted by Gasteiger charge is 2.35. The summed E-state index contributed by atoms with van der Waals surface area (Å²) in [5.74, 6) is 0.109. The third-order valence-corrected chi connectivity index (χ3v) is 4.41. The lowest BCUT2D eigenvalue weighted by molar-refractivity contribution is 0.162. The zero-order chi connectivity index (χ0) is 14.0. The third kappa shape index (κ3) is 4.48. The van der Waals surface area contributed by atoms with Gasteiger partial charge in [0.05, 0.1) is 5.75 Å². The summed E-state index contributed by atoms with van der Waals surface area (Å²) in [5, 5.41) is 2.87. The maximum absolute atomic E-state index is 12.1. The van der Waals surface area contributed by atoms with Gasteiger partial charge in [-0.2, -0.15) is 0 Å². The maximum atomic E-state index is 12.1. The number of nitrogens with one attached hydrogen (secondary N) is 1. The van der Waals surface area contributed by atoms with E-state index in [4.69, 9.17) is 0 Å². The summed E-state index contributed by atoms with van der Waals surface area (Å²) in [4.78, 5) is 13.9. The van der Waals surface area contributed by atoms with Gasteiger partial charge in [0.15, 0.2) is 0 Å². The topological polar surface area (TPSA) is 66.5 Å². The monoisotopic (exact) mass is 276 g/mol. The average Bonchev–Trinajstić information content (AvgIpc) is 2.54. The van der Waals surface area contributed by atoms with E-state index in [1.165, 1.54) is 6.26 Å². The molecule has 106 valence electrons. The van der Waals surface area contributed by atoms with Gasteiger partial charge in [-0.05, 0) is 40.0 Å². The second-order valence-electron chi connectivity index (χ2n) is 5.84.